The second-order valence-corrected chi connectivity index (χ2v) is 5.32. The molecule has 1 aliphatic heterocycles. The van der Waals surface area contributed by atoms with E-state index in [1.165, 1.54) is 19.4 Å². The van der Waals surface area contributed by atoms with E-state index in [0.717, 1.165) is 18.7 Å². The van der Waals surface area contributed by atoms with Crippen molar-refractivity contribution in [2.24, 2.45) is 10.7 Å². The average molecular weight is 285 g/mol. The minimum Gasteiger partial charge on any atom is -0.370 e. The summed E-state index contributed by atoms with van der Waals surface area (Å²) < 4.78 is 0. The molecule has 1 aromatic carbocycles. The fourth-order valence-corrected chi connectivity index (χ4v) is 2.68. The Morgan fingerprint density at radius 1 is 1.48 bits per heavy atom. The lowest BCUT2D eigenvalue weighted by Crippen LogP contribution is -2.42. The number of nitriles is 1. The first-order valence-corrected chi connectivity index (χ1v) is 7.49. The molecule has 0 aromatic heterocycles. The van der Waals surface area contributed by atoms with Crippen molar-refractivity contribution >= 4 is 5.96 Å². The third-order valence-electron chi connectivity index (χ3n) is 3.94. The van der Waals surface area contributed by atoms with E-state index in [2.05, 4.69) is 28.2 Å². The van der Waals surface area contributed by atoms with Crippen LogP contribution in [0.25, 0.3) is 0 Å². The van der Waals surface area contributed by atoms with E-state index in [9.17, 15) is 0 Å². The highest BCUT2D eigenvalue weighted by molar-refractivity contribution is 5.77. The first-order valence-electron chi connectivity index (χ1n) is 7.49. The molecule has 1 atom stereocenters. The summed E-state index contributed by atoms with van der Waals surface area (Å²) in [5, 5.41) is 12.0. The molecule has 1 aliphatic rings. The normalized spacial score (nSPS) is 19.4. The molecular weight excluding hydrogens is 262 g/mol. The second-order valence-electron chi connectivity index (χ2n) is 5.32. The molecular formula is C16H23N5. The Bertz CT molecular complexity index is 514. The summed E-state index contributed by atoms with van der Waals surface area (Å²) in [7, 11) is 0. The van der Waals surface area contributed by atoms with Gasteiger partial charge in [0.1, 0.15) is 0 Å². The lowest BCUT2D eigenvalue weighted by atomic mass is 10.1. The molecule has 21 heavy (non-hydrogen) atoms. The maximum Gasteiger partial charge on any atom is 0.188 e. The van der Waals surface area contributed by atoms with E-state index in [0.29, 0.717) is 24.1 Å². The molecule has 1 aromatic rings. The van der Waals surface area contributed by atoms with Gasteiger partial charge in [0.05, 0.1) is 18.2 Å². The Hall–Kier alpha value is -2.06. The fraction of sp³-hybridized carbons (Fsp3) is 0.500. The number of hydrogen-bond acceptors (Lipinski definition) is 3. The number of nitrogens with one attached hydrogen (secondary N) is 1. The molecule has 112 valence electrons. The minimum absolute atomic E-state index is 0.488. The van der Waals surface area contributed by atoms with Crippen LogP contribution in [0.15, 0.2) is 29.3 Å². The highest BCUT2D eigenvalue weighted by Gasteiger charge is 2.22. The predicted octanol–water partition coefficient (Wildman–Crippen LogP) is 1.45. The number of nitrogens with two attached hydrogens (primary N) is 1. The van der Waals surface area contributed by atoms with Crippen LogP contribution in [0.3, 0.4) is 0 Å². The van der Waals surface area contributed by atoms with Crippen molar-refractivity contribution in [3.8, 4) is 6.07 Å². The highest BCUT2D eigenvalue weighted by atomic mass is 15.2. The Labute approximate surface area is 126 Å². The average Bonchev–Trinajstić information content (AvgIpc) is 2.99. The SMILES string of the molecule is CCN1CCCC1CNC(N)=NCc1ccc(C#N)cc1. The molecule has 1 fully saturated rings. The van der Waals surface area contributed by atoms with Crippen molar-refractivity contribution in [1.82, 2.24) is 10.2 Å². The summed E-state index contributed by atoms with van der Waals surface area (Å²) in [5.41, 5.74) is 7.62. The van der Waals surface area contributed by atoms with Crippen LogP contribution in [0.4, 0.5) is 0 Å². The number of guanidine groups is 1. The van der Waals surface area contributed by atoms with Crippen molar-refractivity contribution in [3.05, 3.63) is 35.4 Å². The van der Waals surface area contributed by atoms with Crippen LogP contribution < -0.4 is 11.1 Å². The molecule has 1 heterocycles. The lowest BCUT2D eigenvalue weighted by Gasteiger charge is -2.23. The van der Waals surface area contributed by atoms with Gasteiger partial charge in [-0.3, -0.25) is 4.90 Å². The quantitative estimate of drug-likeness (QED) is 0.634. The van der Waals surface area contributed by atoms with E-state index in [-0.39, 0.29) is 0 Å². The van der Waals surface area contributed by atoms with Gasteiger partial charge in [0.2, 0.25) is 0 Å². The van der Waals surface area contributed by atoms with Gasteiger partial charge in [-0.05, 0) is 43.6 Å². The molecule has 0 amide bonds. The molecule has 1 unspecified atom stereocenters. The van der Waals surface area contributed by atoms with Crippen LogP contribution in [0.5, 0.6) is 0 Å². The maximum atomic E-state index is 8.75. The van der Waals surface area contributed by atoms with Crippen LogP contribution >= 0.6 is 0 Å². The van der Waals surface area contributed by atoms with Gasteiger partial charge in [-0.25, -0.2) is 4.99 Å². The van der Waals surface area contributed by atoms with Crippen molar-refractivity contribution < 1.29 is 0 Å². The van der Waals surface area contributed by atoms with Crippen molar-refractivity contribution in [3.63, 3.8) is 0 Å². The Kier molecular flexibility index (Phi) is 5.59. The largest absolute Gasteiger partial charge is 0.370 e. The third kappa shape index (κ3) is 4.47. The van der Waals surface area contributed by atoms with Crippen molar-refractivity contribution in [2.45, 2.75) is 32.4 Å². The molecule has 0 radical (unpaired) electrons. The number of likely N-dealkylation sites (tertiary alicyclic amines) is 1. The molecule has 0 bridgehead atoms. The first kappa shape index (κ1) is 15.3. The minimum atomic E-state index is 0.488. The Morgan fingerprint density at radius 3 is 2.90 bits per heavy atom. The molecule has 0 saturated carbocycles. The molecule has 1 saturated heterocycles. The number of aliphatic imine (C=N–C) groups is 1. The zero-order valence-corrected chi connectivity index (χ0v) is 12.5. The maximum absolute atomic E-state index is 8.75. The number of benzene rings is 1. The number of nitrogens with zero attached hydrogens (tertiary/aromatic N) is 3. The van der Waals surface area contributed by atoms with Gasteiger partial charge in [-0.1, -0.05) is 19.1 Å². The van der Waals surface area contributed by atoms with E-state index < -0.39 is 0 Å². The van der Waals surface area contributed by atoms with Crippen LogP contribution in [-0.2, 0) is 6.54 Å². The van der Waals surface area contributed by atoms with Crippen LogP contribution in [0.1, 0.15) is 30.9 Å². The standard InChI is InChI=1S/C16H23N5/c1-2-21-9-3-4-15(21)12-20-16(18)19-11-14-7-5-13(10-17)6-8-14/h5-8,15H,2-4,9,11-12H2,1H3,(H3,18,19,20). The number of hydrogen-bond donors (Lipinski definition) is 2. The first-order chi connectivity index (χ1) is 10.2. The van der Waals surface area contributed by atoms with E-state index in [1.54, 1.807) is 12.1 Å². The molecule has 5 nitrogen and oxygen atoms in total. The highest BCUT2D eigenvalue weighted by Crippen LogP contribution is 2.15. The summed E-state index contributed by atoms with van der Waals surface area (Å²) in [6.45, 7) is 5.86. The van der Waals surface area contributed by atoms with Gasteiger partial charge in [0.25, 0.3) is 0 Å². The predicted molar refractivity (Wildman–Crippen MR) is 84.8 cm³/mol. The van der Waals surface area contributed by atoms with E-state index in [4.69, 9.17) is 11.0 Å². The zero-order chi connectivity index (χ0) is 15.1. The van der Waals surface area contributed by atoms with Crippen LogP contribution in [0, 0.1) is 11.3 Å². The summed E-state index contributed by atoms with van der Waals surface area (Å²) in [4.78, 5) is 6.82. The van der Waals surface area contributed by atoms with Gasteiger partial charge in [-0.2, -0.15) is 5.26 Å². The lowest BCUT2D eigenvalue weighted by molar-refractivity contribution is 0.267. The van der Waals surface area contributed by atoms with Crippen molar-refractivity contribution in [2.75, 3.05) is 19.6 Å². The van der Waals surface area contributed by atoms with Gasteiger partial charge in [0, 0.05) is 12.6 Å². The second kappa shape index (κ2) is 7.65. The van der Waals surface area contributed by atoms with Crippen LogP contribution in [-0.4, -0.2) is 36.5 Å². The van der Waals surface area contributed by atoms with E-state index in [1.807, 2.05) is 12.1 Å². The van der Waals surface area contributed by atoms with E-state index >= 15 is 0 Å². The number of likely N-dealkylation sites (N-methyl/N-ethyl adjacent to an activating group) is 1. The molecule has 3 N–H and O–H groups in total. The van der Waals surface area contributed by atoms with Gasteiger partial charge in [0.15, 0.2) is 5.96 Å². The molecule has 0 aliphatic carbocycles. The van der Waals surface area contributed by atoms with Gasteiger partial charge in [-0.15, -0.1) is 0 Å². The van der Waals surface area contributed by atoms with Gasteiger partial charge >= 0.3 is 0 Å². The summed E-state index contributed by atoms with van der Waals surface area (Å²) in [6, 6.07) is 10.1. The number of rotatable bonds is 5. The fourth-order valence-electron chi connectivity index (χ4n) is 2.68. The third-order valence-corrected chi connectivity index (χ3v) is 3.94. The zero-order valence-electron chi connectivity index (χ0n) is 12.5. The van der Waals surface area contributed by atoms with Gasteiger partial charge < -0.3 is 11.1 Å². The summed E-state index contributed by atoms with van der Waals surface area (Å²) in [5.74, 6) is 0.488. The van der Waals surface area contributed by atoms with Crippen LogP contribution in [0.2, 0.25) is 0 Å². The summed E-state index contributed by atoms with van der Waals surface area (Å²) >= 11 is 0. The summed E-state index contributed by atoms with van der Waals surface area (Å²) in [6.07, 6.45) is 2.49. The molecule has 5 heteroatoms. The Balaban J connectivity index is 1.79. The van der Waals surface area contributed by atoms with Crippen molar-refractivity contribution in [1.29, 1.82) is 5.26 Å². The smallest absolute Gasteiger partial charge is 0.188 e. The molecule has 2 rings (SSSR count). The Morgan fingerprint density at radius 2 is 2.24 bits per heavy atom. The topological polar surface area (TPSA) is 77.4 Å². The molecule has 0 spiro atoms. The monoisotopic (exact) mass is 285 g/mol.